The average molecular weight is 295 g/mol. The van der Waals surface area contributed by atoms with Gasteiger partial charge in [-0.2, -0.15) is 0 Å². The van der Waals surface area contributed by atoms with Gasteiger partial charge < -0.3 is 4.74 Å². The van der Waals surface area contributed by atoms with Crippen LogP contribution in [-0.4, -0.2) is 20.8 Å². The lowest BCUT2D eigenvalue weighted by atomic mass is 10.3. The Morgan fingerprint density at radius 3 is 2.30 bits per heavy atom. The van der Waals surface area contributed by atoms with Gasteiger partial charge >= 0.3 is 0 Å². The number of rotatable bonds is 6. The number of anilines is 1. The maximum Gasteiger partial charge on any atom is 0.236 e. The van der Waals surface area contributed by atoms with Crippen LogP contribution < -0.4 is 9.46 Å². The van der Waals surface area contributed by atoms with E-state index in [1.165, 1.54) is 24.3 Å². The molecule has 20 heavy (non-hydrogen) atoms. The first-order valence-corrected chi connectivity index (χ1v) is 7.64. The number of halogens is 1. The summed E-state index contributed by atoms with van der Waals surface area (Å²) in [4.78, 5) is 0. The predicted molar refractivity (Wildman–Crippen MR) is 75.7 cm³/mol. The first-order valence-electron chi connectivity index (χ1n) is 5.99. The molecule has 2 aromatic carbocycles. The van der Waals surface area contributed by atoms with Crippen LogP contribution >= 0.6 is 0 Å². The fourth-order valence-corrected chi connectivity index (χ4v) is 2.43. The van der Waals surface area contributed by atoms with Crippen molar-refractivity contribution in [1.29, 1.82) is 0 Å². The van der Waals surface area contributed by atoms with Crippen molar-refractivity contribution in [3.05, 3.63) is 60.4 Å². The van der Waals surface area contributed by atoms with Crippen LogP contribution in [0.3, 0.4) is 0 Å². The van der Waals surface area contributed by atoms with E-state index in [2.05, 4.69) is 4.72 Å². The molecule has 106 valence electrons. The minimum absolute atomic E-state index is 0.0422. The normalized spacial score (nSPS) is 11.1. The number of hydrogen-bond donors (Lipinski definition) is 1. The molecular formula is C14H14FNO3S. The van der Waals surface area contributed by atoms with Gasteiger partial charge in [0.15, 0.2) is 0 Å². The molecule has 0 amide bonds. The van der Waals surface area contributed by atoms with Gasteiger partial charge in [0.05, 0.1) is 0 Å². The van der Waals surface area contributed by atoms with Crippen LogP contribution in [0.25, 0.3) is 0 Å². The van der Waals surface area contributed by atoms with E-state index in [4.69, 9.17) is 4.74 Å². The maximum absolute atomic E-state index is 12.7. The molecule has 0 fully saturated rings. The molecular weight excluding hydrogens is 281 g/mol. The van der Waals surface area contributed by atoms with Gasteiger partial charge in [-0.15, -0.1) is 0 Å². The molecule has 4 nitrogen and oxygen atoms in total. The highest BCUT2D eigenvalue weighted by Crippen LogP contribution is 2.11. The van der Waals surface area contributed by atoms with E-state index in [1.54, 1.807) is 24.3 Å². The van der Waals surface area contributed by atoms with E-state index >= 15 is 0 Å². The molecule has 6 heteroatoms. The lowest BCUT2D eigenvalue weighted by molar-refractivity contribution is 0.341. The van der Waals surface area contributed by atoms with E-state index in [-0.39, 0.29) is 12.4 Å². The summed E-state index contributed by atoms with van der Waals surface area (Å²) >= 11 is 0. The minimum Gasteiger partial charge on any atom is -0.492 e. The van der Waals surface area contributed by atoms with Crippen molar-refractivity contribution in [3.8, 4) is 5.75 Å². The smallest absolute Gasteiger partial charge is 0.236 e. The molecule has 2 rings (SSSR count). The molecule has 0 saturated carbocycles. The third kappa shape index (κ3) is 4.55. The Morgan fingerprint density at radius 1 is 1.00 bits per heavy atom. The standard InChI is InChI=1S/C14H14FNO3S/c15-12-6-8-13(9-7-12)16-20(17,18)11-10-19-14-4-2-1-3-5-14/h1-9,16H,10-11H2. The van der Waals surface area contributed by atoms with Crippen LogP contribution in [0.15, 0.2) is 54.6 Å². The van der Waals surface area contributed by atoms with Crippen LogP contribution in [0.2, 0.25) is 0 Å². The summed E-state index contributed by atoms with van der Waals surface area (Å²) in [5, 5.41) is 0. The zero-order valence-electron chi connectivity index (χ0n) is 10.6. The van der Waals surface area contributed by atoms with Crippen molar-refractivity contribution < 1.29 is 17.5 Å². The van der Waals surface area contributed by atoms with E-state index in [1.807, 2.05) is 6.07 Å². The summed E-state index contributed by atoms with van der Waals surface area (Å²) in [6.45, 7) is 0.0422. The Balaban J connectivity index is 1.86. The van der Waals surface area contributed by atoms with Crippen molar-refractivity contribution in [1.82, 2.24) is 0 Å². The fourth-order valence-electron chi connectivity index (χ4n) is 1.53. The first-order chi connectivity index (χ1) is 9.55. The van der Waals surface area contributed by atoms with Gasteiger partial charge in [0.2, 0.25) is 10.0 Å². The van der Waals surface area contributed by atoms with Crippen LogP contribution in [0, 0.1) is 5.82 Å². The topological polar surface area (TPSA) is 55.4 Å². The summed E-state index contributed by atoms with van der Waals surface area (Å²) in [5.41, 5.74) is 0.325. The molecule has 0 atom stereocenters. The Morgan fingerprint density at radius 2 is 1.65 bits per heavy atom. The summed E-state index contributed by atoms with van der Waals surface area (Å²) < 4.78 is 44.0. The quantitative estimate of drug-likeness (QED) is 0.891. The van der Waals surface area contributed by atoms with Gasteiger partial charge in [-0.05, 0) is 36.4 Å². The van der Waals surface area contributed by atoms with Crippen LogP contribution in [-0.2, 0) is 10.0 Å². The molecule has 0 saturated heterocycles. The molecule has 0 unspecified atom stereocenters. The Bertz CT molecular complexity index is 642. The highest BCUT2D eigenvalue weighted by atomic mass is 32.2. The summed E-state index contributed by atoms with van der Waals surface area (Å²) in [6.07, 6.45) is 0. The third-order valence-corrected chi connectivity index (χ3v) is 3.73. The van der Waals surface area contributed by atoms with Crippen molar-refractivity contribution in [2.75, 3.05) is 17.1 Å². The maximum atomic E-state index is 12.7. The van der Waals surface area contributed by atoms with Gasteiger partial charge in [0.25, 0.3) is 0 Å². The van der Waals surface area contributed by atoms with E-state index in [9.17, 15) is 12.8 Å². The van der Waals surface area contributed by atoms with Crippen molar-refractivity contribution >= 4 is 15.7 Å². The van der Waals surface area contributed by atoms with Crippen LogP contribution in [0.1, 0.15) is 0 Å². The highest BCUT2D eigenvalue weighted by molar-refractivity contribution is 7.92. The number of nitrogens with one attached hydrogen (secondary N) is 1. The van der Waals surface area contributed by atoms with Crippen LogP contribution in [0.4, 0.5) is 10.1 Å². The zero-order chi connectivity index (χ0) is 14.4. The van der Waals surface area contributed by atoms with E-state index in [0.29, 0.717) is 11.4 Å². The van der Waals surface area contributed by atoms with Gasteiger partial charge in [-0.1, -0.05) is 18.2 Å². The van der Waals surface area contributed by atoms with Gasteiger partial charge in [-0.3, -0.25) is 4.72 Å². The molecule has 0 radical (unpaired) electrons. The van der Waals surface area contributed by atoms with Gasteiger partial charge in [0, 0.05) is 5.69 Å². The SMILES string of the molecule is O=S(=O)(CCOc1ccccc1)Nc1ccc(F)cc1. The lowest BCUT2D eigenvalue weighted by Crippen LogP contribution is -2.21. The second-order valence-electron chi connectivity index (χ2n) is 4.09. The first kappa shape index (κ1) is 14.3. The number of benzene rings is 2. The molecule has 2 aromatic rings. The largest absolute Gasteiger partial charge is 0.492 e. The number of sulfonamides is 1. The summed E-state index contributed by atoms with van der Waals surface area (Å²) in [7, 11) is -3.52. The van der Waals surface area contributed by atoms with E-state index < -0.39 is 15.8 Å². The molecule has 1 N–H and O–H groups in total. The van der Waals surface area contributed by atoms with Crippen LogP contribution in [0.5, 0.6) is 5.75 Å². The Kier molecular flexibility index (Phi) is 4.57. The molecule has 0 spiro atoms. The minimum atomic E-state index is -3.52. The second kappa shape index (κ2) is 6.38. The third-order valence-electron chi connectivity index (χ3n) is 2.48. The monoisotopic (exact) mass is 295 g/mol. The molecule has 0 aromatic heterocycles. The van der Waals surface area contributed by atoms with Crippen molar-refractivity contribution in [2.24, 2.45) is 0 Å². The van der Waals surface area contributed by atoms with Gasteiger partial charge in [0.1, 0.15) is 23.9 Å². The Hall–Kier alpha value is -2.08. The van der Waals surface area contributed by atoms with Crippen molar-refractivity contribution in [3.63, 3.8) is 0 Å². The summed E-state index contributed by atoms with van der Waals surface area (Å²) in [5.74, 6) is 0.0176. The Labute approximate surface area is 117 Å². The average Bonchev–Trinajstić information content (AvgIpc) is 2.42. The molecule has 0 aliphatic carbocycles. The molecule has 0 aliphatic rings. The van der Waals surface area contributed by atoms with Crippen molar-refractivity contribution in [2.45, 2.75) is 0 Å². The number of para-hydroxylation sites is 1. The summed E-state index contributed by atoms with van der Waals surface area (Å²) in [6, 6.07) is 14.1. The second-order valence-corrected chi connectivity index (χ2v) is 5.93. The zero-order valence-corrected chi connectivity index (χ0v) is 11.4. The van der Waals surface area contributed by atoms with Gasteiger partial charge in [-0.25, -0.2) is 12.8 Å². The molecule has 0 heterocycles. The van der Waals surface area contributed by atoms with E-state index in [0.717, 1.165) is 0 Å². The predicted octanol–water partition coefficient (Wildman–Crippen LogP) is 2.65. The molecule has 0 aliphatic heterocycles. The number of hydrogen-bond acceptors (Lipinski definition) is 3. The lowest BCUT2D eigenvalue weighted by Gasteiger charge is -2.09. The number of ether oxygens (including phenoxy) is 1. The fraction of sp³-hybridized carbons (Fsp3) is 0.143. The highest BCUT2D eigenvalue weighted by Gasteiger charge is 2.10. The molecule has 0 bridgehead atoms.